The molecule has 0 unspecified atom stereocenters. The van der Waals surface area contributed by atoms with Crippen molar-refractivity contribution in [1.29, 1.82) is 0 Å². The SMILES string of the molecule is NC(=S)NN=Cc1ccsn1. The summed E-state index contributed by atoms with van der Waals surface area (Å²) < 4.78 is 3.98. The molecule has 1 heterocycles. The summed E-state index contributed by atoms with van der Waals surface area (Å²) in [7, 11) is 0. The predicted octanol–water partition coefficient (Wildman–Crippen LogP) is 0.310. The number of thiocarbonyl (C=S) groups is 1. The fourth-order valence-corrected chi connectivity index (χ4v) is 0.994. The molecule has 11 heavy (non-hydrogen) atoms. The van der Waals surface area contributed by atoms with E-state index >= 15 is 0 Å². The standard InChI is InChI=1S/C5H6N4S2/c6-5(10)8-7-3-4-1-2-11-9-4/h1-3H,(H3,6,8,10). The summed E-state index contributed by atoms with van der Waals surface area (Å²) in [6, 6.07) is 1.84. The number of hydrogen-bond donors (Lipinski definition) is 2. The van der Waals surface area contributed by atoms with Crippen LogP contribution in [0.4, 0.5) is 0 Å². The molecule has 0 saturated carbocycles. The van der Waals surface area contributed by atoms with Crippen molar-refractivity contribution in [2.24, 2.45) is 10.8 Å². The first kappa shape index (κ1) is 8.09. The molecule has 0 atom stereocenters. The van der Waals surface area contributed by atoms with Crippen LogP contribution in [-0.4, -0.2) is 15.7 Å². The van der Waals surface area contributed by atoms with Crippen LogP contribution in [0.2, 0.25) is 0 Å². The largest absolute Gasteiger partial charge is 0.375 e. The van der Waals surface area contributed by atoms with E-state index in [1.807, 2.05) is 11.4 Å². The molecule has 0 amide bonds. The van der Waals surface area contributed by atoms with Crippen LogP contribution in [0.5, 0.6) is 0 Å². The minimum Gasteiger partial charge on any atom is -0.375 e. The number of hydrogen-bond acceptors (Lipinski definition) is 4. The number of aromatic nitrogens is 1. The topological polar surface area (TPSA) is 63.3 Å². The molecule has 0 fully saturated rings. The Morgan fingerprint density at radius 2 is 2.73 bits per heavy atom. The van der Waals surface area contributed by atoms with E-state index in [1.54, 1.807) is 6.21 Å². The van der Waals surface area contributed by atoms with Crippen molar-refractivity contribution in [2.45, 2.75) is 0 Å². The van der Waals surface area contributed by atoms with Crippen LogP contribution in [0.15, 0.2) is 16.5 Å². The molecule has 0 bridgehead atoms. The highest BCUT2D eigenvalue weighted by atomic mass is 32.1. The lowest BCUT2D eigenvalue weighted by molar-refractivity contribution is 1.04. The summed E-state index contributed by atoms with van der Waals surface area (Å²) >= 11 is 5.89. The highest BCUT2D eigenvalue weighted by Gasteiger charge is 1.86. The summed E-state index contributed by atoms with van der Waals surface area (Å²) in [6.45, 7) is 0. The maximum absolute atomic E-state index is 5.12. The second-order valence-corrected chi connectivity index (χ2v) is 2.76. The summed E-state index contributed by atoms with van der Waals surface area (Å²) in [5.74, 6) is 0. The third kappa shape index (κ3) is 3.06. The van der Waals surface area contributed by atoms with Gasteiger partial charge in [0.2, 0.25) is 0 Å². The van der Waals surface area contributed by atoms with Crippen LogP contribution >= 0.6 is 23.8 Å². The lowest BCUT2D eigenvalue weighted by Gasteiger charge is -1.90. The van der Waals surface area contributed by atoms with Crippen LogP contribution in [0, 0.1) is 0 Å². The molecule has 1 rings (SSSR count). The van der Waals surface area contributed by atoms with Crippen LogP contribution in [0.25, 0.3) is 0 Å². The minimum absolute atomic E-state index is 0.150. The van der Waals surface area contributed by atoms with Gasteiger partial charge in [0.1, 0.15) is 0 Å². The molecule has 0 radical (unpaired) electrons. The molecule has 0 aliphatic carbocycles. The zero-order chi connectivity index (χ0) is 8.10. The lowest BCUT2D eigenvalue weighted by atomic mass is 10.5. The third-order valence-electron chi connectivity index (χ3n) is 0.829. The first-order chi connectivity index (χ1) is 5.29. The van der Waals surface area contributed by atoms with Gasteiger partial charge in [0.25, 0.3) is 0 Å². The molecule has 4 nitrogen and oxygen atoms in total. The molecule has 1 aromatic heterocycles. The van der Waals surface area contributed by atoms with Crippen LogP contribution in [-0.2, 0) is 0 Å². The molecule has 0 saturated heterocycles. The van der Waals surface area contributed by atoms with Gasteiger partial charge in [-0.25, -0.2) is 0 Å². The maximum Gasteiger partial charge on any atom is 0.184 e. The van der Waals surface area contributed by atoms with Gasteiger partial charge in [-0.05, 0) is 29.8 Å². The van der Waals surface area contributed by atoms with Crippen LogP contribution in [0.3, 0.4) is 0 Å². The zero-order valence-electron chi connectivity index (χ0n) is 5.52. The number of nitrogens with zero attached hydrogens (tertiary/aromatic N) is 2. The quantitative estimate of drug-likeness (QED) is 0.396. The van der Waals surface area contributed by atoms with E-state index < -0.39 is 0 Å². The Balaban J connectivity index is 2.43. The van der Waals surface area contributed by atoms with Crippen molar-refractivity contribution in [3.8, 4) is 0 Å². The Bertz CT molecular complexity index is 253. The van der Waals surface area contributed by atoms with Crippen LogP contribution in [0.1, 0.15) is 5.69 Å². The molecular formula is C5H6N4S2. The Morgan fingerprint density at radius 1 is 1.91 bits per heavy atom. The average molecular weight is 186 g/mol. The maximum atomic E-state index is 5.12. The Labute approximate surface area is 73.3 Å². The molecule has 6 heteroatoms. The third-order valence-corrected chi connectivity index (χ3v) is 1.49. The van der Waals surface area contributed by atoms with Crippen molar-refractivity contribution < 1.29 is 0 Å². The Morgan fingerprint density at radius 3 is 3.27 bits per heavy atom. The second-order valence-electron chi connectivity index (χ2n) is 1.66. The normalized spacial score (nSPS) is 10.2. The van der Waals surface area contributed by atoms with Gasteiger partial charge in [-0.15, -0.1) is 0 Å². The zero-order valence-corrected chi connectivity index (χ0v) is 7.15. The summed E-state index contributed by atoms with van der Waals surface area (Å²) in [4.78, 5) is 0. The molecule has 58 valence electrons. The van der Waals surface area contributed by atoms with Gasteiger partial charge in [-0.3, -0.25) is 5.43 Å². The Kier molecular flexibility index (Phi) is 2.94. The number of rotatable bonds is 2. The fourth-order valence-electron chi connectivity index (χ4n) is 0.450. The molecule has 0 spiro atoms. The first-order valence-corrected chi connectivity index (χ1v) is 4.02. The first-order valence-electron chi connectivity index (χ1n) is 2.78. The van der Waals surface area contributed by atoms with E-state index in [1.165, 1.54) is 11.5 Å². The van der Waals surface area contributed by atoms with Gasteiger partial charge in [0.15, 0.2) is 5.11 Å². The summed E-state index contributed by atoms with van der Waals surface area (Å²) in [5, 5.41) is 5.73. The smallest absolute Gasteiger partial charge is 0.184 e. The summed E-state index contributed by atoms with van der Waals surface area (Å²) in [6.07, 6.45) is 1.55. The van der Waals surface area contributed by atoms with Gasteiger partial charge in [-0.2, -0.15) is 9.47 Å². The second kappa shape index (κ2) is 3.99. The minimum atomic E-state index is 0.150. The summed E-state index contributed by atoms with van der Waals surface area (Å²) in [5.41, 5.74) is 8.34. The van der Waals surface area contributed by atoms with Crippen molar-refractivity contribution in [3.05, 3.63) is 17.1 Å². The van der Waals surface area contributed by atoms with Crippen molar-refractivity contribution in [2.75, 3.05) is 0 Å². The van der Waals surface area contributed by atoms with E-state index in [9.17, 15) is 0 Å². The Hall–Kier alpha value is -1.01. The fraction of sp³-hybridized carbons (Fsp3) is 0. The lowest BCUT2D eigenvalue weighted by Crippen LogP contribution is -2.23. The van der Waals surface area contributed by atoms with Gasteiger partial charge in [0, 0.05) is 5.38 Å². The molecule has 0 aromatic carbocycles. The van der Waals surface area contributed by atoms with Gasteiger partial charge >= 0.3 is 0 Å². The van der Waals surface area contributed by atoms with E-state index in [-0.39, 0.29) is 5.11 Å². The van der Waals surface area contributed by atoms with E-state index in [4.69, 9.17) is 5.73 Å². The van der Waals surface area contributed by atoms with Crippen molar-refractivity contribution in [1.82, 2.24) is 9.80 Å². The van der Waals surface area contributed by atoms with E-state index in [2.05, 4.69) is 27.1 Å². The van der Waals surface area contributed by atoms with Gasteiger partial charge in [-0.1, -0.05) is 0 Å². The van der Waals surface area contributed by atoms with Crippen molar-refractivity contribution in [3.63, 3.8) is 0 Å². The highest BCUT2D eigenvalue weighted by molar-refractivity contribution is 7.80. The predicted molar refractivity (Wildman–Crippen MR) is 49.6 cm³/mol. The van der Waals surface area contributed by atoms with E-state index in [0.717, 1.165) is 5.69 Å². The monoisotopic (exact) mass is 186 g/mol. The van der Waals surface area contributed by atoms with Gasteiger partial charge in [0.05, 0.1) is 11.9 Å². The average Bonchev–Trinajstić information content (AvgIpc) is 2.39. The number of hydrazone groups is 1. The van der Waals surface area contributed by atoms with Gasteiger partial charge < -0.3 is 5.73 Å². The molecule has 1 aromatic rings. The molecular weight excluding hydrogens is 180 g/mol. The number of nitrogens with one attached hydrogen (secondary N) is 1. The molecule has 3 N–H and O–H groups in total. The van der Waals surface area contributed by atoms with Crippen LogP contribution < -0.4 is 11.2 Å². The molecule has 0 aliphatic rings. The van der Waals surface area contributed by atoms with Crippen molar-refractivity contribution >= 4 is 35.1 Å². The van der Waals surface area contributed by atoms with E-state index in [0.29, 0.717) is 0 Å². The molecule has 0 aliphatic heterocycles. The highest BCUT2D eigenvalue weighted by Crippen LogP contribution is 1.94. The number of nitrogens with two attached hydrogens (primary N) is 1.